The van der Waals surface area contributed by atoms with Crippen LogP contribution in [0.3, 0.4) is 0 Å². The molecule has 2 aliphatic rings. The number of carbonyl (C=O) groups is 1. The van der Waals surface area contributed by atoms with Gasteiger partial charge in [0.25, 0.3) is 0 Å². The molecule has 0 saturated carbocycles. The summed E-state index contributed by atoms with van der Waals surface area (Å²) in [6.45, 7) is 8.41. The molecule has 2 aromatic rings. The van der Waals surface area contributed by atoms with Gasteiger partial charge in [-0.3, -0.25) is 14.6 Å². The zero-order valence-corrected chi connectivity index (χ0v) is 21.2. The first-order valence-corrected chi connectivity index (χ1v) is 12.6. The van der Waals surface area contributed by atoms with Crippen LogP contribution in [0.2, 0.25) is 0 Å². The fraction of sp³-hybridized carbons (Fsp3) is 0.536. The highest BCUT2D eigenvalue weighted by Gasteiger charge is 2.35. The third-order valence-electron chi connectivity index (χ3n) is 7.57. The molecule has 0 N–H and O–H groups in total. The Labute approximate surface area is 208 Å². The van der Waals surface area contributed by atoms with Gasteiger partial charge in [0.05, 0.1) is 19.9 Å². The van der Waals surface area contributed by atoms with Gasteiger partial charge in [-0.1, -0.05) is 24.3 Å². The van der Waals surface area contributed by atoms with Gasteiger partial charge < -0.3 is 14.4 Å². The second-order valence-corrected chi connectivity index (χ2v) is 9.74. The number of methoxy groups -OCH3 is 2. The molecule has 4 rings (SSSR count). The summed E-state index contributed by atoms with van der Waals surface area (Å²) in [4.78, 5) is 19.2. The van der Waals surface area contributed by atoms with Crippen LogP contribution in [-0.2, 0) is 16.1 Å². The number of nitrogens with zero attached hydrogens (tertiary/aromatic N) is 3. The molecule has 0 bridgehead atoms. The number of halogens is 1. The van der Waals surface area contributed by atoms with E-state index in [4.69, 9.17) is 9.47 Å². The lowest BCUT2D eigenvalue weighted by Gasteiger charge is -2.47. The zero-order chi connectivity index (χ0) is 24.8. The lowest BCUT2D eigenvalue weighted by Crippen LogP contribution is -2.56. The molecule has 2 saturated heterocycles. The standard InChI is InChI=1S/C28H38FN3O3/c1-21-18-22(8-10-27(21)34-2)19-30-13-12-25(23(20-30)9-11-28(33)35-3)31-14-16-32(17-15-31)26-7-5-4-6-24(26)29/h4-8,10,18,23,25H,9,11-17,19-20H2,1-3H3/t23-,25+/m0/s1. The molecule has 2 aliphatic heterocycles. The maximum Gasteiger partial charge on any atom is 0.305 e. The van der Waals surface area contributed by atoms with Crippen molar-refractivity contribution in [1.29, 1.82) is 0 Å². The van der Waals surface area contributed by atoms with E-state index < -0.39 is 0 Å². The molecule has 2 aromatic carbocycles. The monoisotopic (exact) mass is 483 g/mol. The summed E-state index contributed by atoms with van der Waals surface area (Å²) in [6.07, 6.45) is 2.34. The van der Waals surface area contributed by atoms with Crippen LogP contribution >= 0.6 is 0 Å². The topological polar surface area (TPSA) is 45.2 Å². The second kappa shape index (κ2) is 11.9. The third-order valence-corrected chi connectivity index (χ3v) is 7.57. The predicted molar refractivity (Wildman–Crippen MR) is 136 cm³/mol. The molecule has 0 spiro atoms. The third kappa shape index (κ3) is 6.33. The van der Waals surface area contributed by atoms with E-state index in [2.05, 4.69) is 33.8 Å². The number of benzene rings is 2. The molecule has 35 heavy (non-hydrogen) atoms. The first kappa shape index (κ1) is 25.5. The van der Waals surface area contributed by atoms with Gasteiger partial charge in [0.1, 0.15) is 11.6 Å². The molecule has 7 heteroatoms. The highest BCUT2D eigenvalue weighted by molar-refractivity contribution is 5.69. The van der Waals surface area contributed by atoms with Crippen molar-refractivity contribution in [2.24, 2.45) is 5.92 Å². The van der Waals surface area contributed by atoms with E-state index in [1.807, 2.05) is 18.2 Å². The van der Waals surface area contributed by atoms with E-state index in [9.17, 15) is 9.18 Å². The van der Waals surface area contributed by atoms with Gasteiger partial charge in [-0.25, -0.2) is 4.39 Å². The highest BCUT2D eigenvalue weighted by atomic mass is 19.1. The normalized spacial score (nSPS) is 21.7. The SMILES string of the molecule is COC(=O)CC[C@H]1CN(Cc2ccc(OC)c(C)c2)CC[C@H]1N1CCN(c2ccccc2F)CC1. The van der Waals surface area contributed by atoms with E-state index >= 15 is 0 Å². The molecule has 0 aliphatic carbocycles. The van der Waals surface area contributed by atoms with Crippen LogP contribution in [0.25, 0.3) is 0 Å². The molecule has 2 heterocycles. The quantitative estimate of drug-likeness (QED) is 0.527. The van der Waals surface area contributed by atoms with E-state index in [0.717, 1.165) is 70.0 Å². The van der Waals surface area contributed by atoms with E-state index in [-0.39, 0.29) is 11.8 Å². The van der Waals surface area contributed by atoms with E-state index in [0.29, 0.717) is 24.1 Å². The van der Waals surface area contributed by atoms with Crippen molar-refractivity contribution >= 4 is 11.7 Å². The fourth-order valence-electron chi connectivity index (χ4n) is 5.71. The summed E-state index contributed by atoms with van der Waals surface area (Å²) in [7, 11) is 3.16. The van der Waals surface area contributed by atoms with Crippen molar-refractivity contribution in [1.82, 2.24) is 9.80 Å². The van der Waals surface area contributed by atoms with Crippen molar-refractivity contribution in [2.45, 2.75) is 38.8 Å². The number of hydrogen-bond acceptors (Lipinski definition) is 6. The molecule has 0 radical (unpaired) electrons. The number of carbonyl (C=O) groups excluding carboxylic acids is 1. The fourth-order valence-corrected chi connectivity index (χ4v) is 5.71. The van der Waals surface area contributed by atoms with Crippen LogP contribution < -0.4 is 9.64 Å². The Hall–Kier alpha value is -2.64. The smallest absolute Gasteiger partial charge is 0.305 e. The summed E-state index contributed by atoms with van der Waals surface area (Å²) >= 11 is 0. The Morgan fingerprint density at radius 1 is 1.06 bits per heavy atom. The minimum absolute atomic E-state index is 0.143. The molecule has 0 aromatic heterocycles. The minimum atomic E-state index is -0.154. The molecule has 2 atom stereocenters. The molecular formula is C28H38FN3O3. The second-order valence-electron chi connectivity index (χ2n) is 9.74. The van der Waals surface area contributed by atoms with E-state index in [1.165, 1.54) is 18.7 Å². The summed E-state index contributed by atoms with van der Waals surface area (Å²) in [5.74, 6) is 1.01. The minimum Gasteiger partial charge on any atom is -0.496 e. The Bertz CT molecular complexity index is 993. The lowest BCUT2D eigenvalue weighted by atomic mass is 9.86. The van der Waals surface area contributed by atoms with Crippen LogP contribution in [0.15, 0.2) is 42.5 Å². The number of aryl methyl sites for hydroxylation is 1. The number of para-hydroxylation sites is 1. The average Bonchev–Trinajstić information content (AvgIpc) is 2.88. The van der Waals surface area contributed by atoms with Crippen LogP contribution in [0.1, 0.15) is 30.4 Å². The summed E-state index contributed by atoms with van der Waals surface area (Å²) in [5, 5.41) is 0. The van der Waals surface area contributed by atoms with Gasteiger partial charge >= 0.3 is 5.97 Å². The lowest BCUT2D eigenvalue weighted by molar-refractivity contribution is -0.141. The number of anilines is 1. The molecule has 0 amide bonds. The van der Waals surface area contributed by atoms with Crippen molar-refractivity contribution in [3.8, 4) is 5.75 Å². The van der Waals surface area contributed by atoms with E-state index in [1.54, 1.807) is 13.2 Å². The maximum atomic E-state index is 14.3. The molecular weight excluding hydrogens is 445 g/mol. The van der Waals surface area contributed by atoms with Gasteiger partial charge in [-0.2, -0.15) is 0 Å². The summed E-state index contributed by atoms with van der Waals surface area (Å²) < 4.78 is 24.6. The number of piperazine rings is 1. The average molecular weight is 484 g/mol. The first-order chi connectivity index (χ1) is 17.0. The number of rotatable bonds is 8. The van der Waals surface area contributed by atoms with Crippen LogP contribution in [0, 0.1) is 18.7 Å². The molecule has 6 nitrogen and oxygen atoms in total. The summed E-state index contributed by atoms with van der Waals surface area (Å²) in [6, 6.07) is 13.8. The Morgan fingerprint density at radius 3 is 2.51 bits per heavy atom. The van der Waals surface area contributed by atoms with Crippen molar-refractivity contribution in [3.63, 3.8) is 0 Å². The van der Waals surface area contributed by atoms with Crippen LogP contribution in [0.4, 0.5) is 10.1 Å². The van der Waals surface area contributed by atoms with Crippen molar-refractivity contribution in [2.75, 3.05) is 58.4 Å². The van der Waals surface area contributed by atoms with Crippen molar-refractivity contribution in [3.05, 3.63) is 59.4 Å². The number of esters is 1. The molecule has 0 unspecified atom stereocenters. The van der Waals surface area contributed by atoms with Gasteiger partial charge in [-0.05, 0) is 61.6 Å². The highest BCUT2D eigenvalue weighted by Crippen LogP contribution is 2.30. The van der Waals surface area contributed by atoms with Gasteiger partial charge in [0.15, 0.2) is 0 Å². The Balaban J connectivity index is 1.40. The number of hydrogen-bond donors (Lipinski definition) is 0. The summed E-state index contributed by atoms with van der Waals surface area (Å²) in [5.41, 5.74) is 3.13. The van der Waals surface area contributed by atoms with Gasteiger partial charge in [-0.15, -0.1) is 0 Å². The predicted octanol–water partition coefficient (Wildman–Crippen LogP) is 4.11. The number of piperidine rings is 1. The number of likely N-dealkylation sites (tertiary alicyclic amines) is 1. The van der Waals surface area contributed by atoms with Gasteiger partial charge in [0, 0.05) is 51.7 Å². The van der Waals surface area contributed by atoms with Crippen LogP contribution in [-0.4, -0.2) is 75.3 Å². The van der Waals surface area contributed by atoms with Gasteiger partial charge in [0.2, 0.25) is 0 Å². The van der Waals surface area contributed by atoms with Crippen molar-refractivity contribution < 1.29 is 18.7 Å². The molecule has 2 fully saturated rings. The molecule has 190 valence electrons. The number of ether oxygens (including phenoxy) is 2. The maximum absolute atomic E-state index is 14.3. The Kier molecular flexibility index (Phi) is 8.63. The largest absolute Gasteiger partial charge is 0.496 e. The zero-order valence-electron chi connectivity index (χ0n) is 21.2. The Morgan fingerprint density at radius 2 is 1.83 bits per heavy atom. The van der Waals surface area contributed by atoms with Crippen LogP contribution in [0.5, 0.6) is 5.75 Å². The first-order valence-electron chi connectivity index (χ1n) is 12.6.